The number of nitrogens with zero attached hydrogens (tertiary/aromatic N) is 1. The van der Waals surface area contributed by atoms with E-state index in [-0.39, 0.29) is 11.9 Å². The first-order valence-corrected chi connectivity index (χ1v) is 5.83. The molecule has 0 bridgehead atoms. The summed E-state index contributed by atoms with van der Waals surface area (Å²) in [6.45, 7) is 1.61. The summed E-state index contributed by atoms with van der Waals surface area (Å²) < 4.78 is 0. The van der Waals surface area contributed by atoms with Gasteiger partial charge in [-0.25, -0.2) is 4.79 Å². The molecule has 5 nitrogen and oxygen atoms in total. The van der Waals surface area contributed by atoms with Crippen LogP contribution in [0.25, 0.3) is 0 Å². The third kappa shape index (κ3) is 1.69. The zero-order valence-electron chi connectivity index (χ0n) is 9.43. The normalized spacial score (nSPS) is 34.9. The smallest absolute Gasteiger partial charge is 0.326 e. The van der Waals surface area contributed by atoms with E-state index in [0.717, 1.165) is 19.3 Å². The van der Waals surface area contributed by atoms with E-state index in [1.54, 1.807) is 6.92 Å². The molecule has 0 aromatic rings. The molecule has 90 valence electrons. The molecule has 1 saturated carbocycles. The highest BCUT2D eigenvalue weighted by Crippen LogP contribution is 2.41. The number of amides is 1. The Hall–Kier alpha value is -1.10. The first kappa shape index (κ1) is 11.4. The van der Waals surface area contributed by atoms with Gasteiger partial charge < -0.3 is 15.7 Å². The van der Waals surface area contributed by atoms with Gasteiger partial charge in [-0.1, -0.05) is 6.42 Å². The zero-order valence-corrected chi connectivity index (χ0v) is 9.43. The molecule has 1 aliphatic heterocycles. The number of hydrogen-bond donors (Lipinski definition) is 2. The monoisotopic (exact) mass is 226 g/mol. The maximum Gasteiger partial charge on any atom is 0.326 e. The first-order valence-electron chi connectivity index (χ1n) is 5.83. The van der Waals surface area contributed by atoms with Crippen molar-refractivity contribution in [3.8, 4) is 0 Å². The fourth-order valence-electron chi connectivity index (χ4n) is 3.06. The Kier molecular flexibility index (Phi) is 2.88. The Balaban J connectivity index is 2.22. The minimum absolute atomic E-state index is 0.111. The molecular formula is C11H18N2O3. The molecule has 16 heavy (non-hydrogen) atoms. The van der Waals surface area contributed by atoms with Crippen LogP contribution in [-0.2, 0) is 9.59 Å². The second kappa shape index (κ2) is 4.05. The summed E-state index contributed by atoms with van der Waals surface area (Å²) in [4.78, 5) is 24.6. The summed E-state index contributed by atoms with van der Waals surface area (Å²) in [5.41, 5.74) is 5.58. The molecule has 0 aromatic heterocycles. The van der Waals surface area contributed by atoms with Crippen molar-refractivity contribution < 1.29 is 14.7 Å². The first-order chi connectivity index (χ1) is 7.52. The molecular weight excluding hydrogens is 208 g/mol. The Morgan fingerprint density at radius 2 is 2.12 bits per heavy atom. The number of carbonyl (C=O) groups is 2. The van der Waals surface area contributed by atoms with Crippen molar-refractivity contribution in [3.05, 3.63) is 0 Å². The average Bonchev–Trinajstić information content (AvgIpc) is 2.74. The van der Waals surface area contributed by atoms with Crippen molar-refractivity contribution in [2.45, 2.75) is 50.7 Å². The zero-order chi connectivity index (χ0) is 11.9. The molecule has 2 fully saturated rings. The summed E-state index contributed by atoms with van der Waals surface area (Å²) in [6, 6.07) is -1.16. The lowest BCUT2D eigenvalue weighted by molar-refractivity contribution is -0.150. The lowest BCUT2D eigenvalue weighted by Crippen LogP contribution is -2.50. The predicted molar refractivity (Wildman–Crippen MR) is 57.7 cm³/mol. The third-order valence-electron chi connectivity index (χ3n) is 3.77. The van der Waals surface area contributed by atoms with Crippen molar-refractivity contribution in [2.75, 3.05) is 0 Å². The Morgan fingerprint density at radius 3 is 2.69 bits per heavy atom. The number of rotatable bonds is 2. The van der Waals surface area contributed by atoms with Gasteiger partial charge in [0.15, 0.2) is 0 Å². The average molecular weight is 226 g/mol. The van der Waals surface area contributed by atoms with Crippen LogP contribution in [0, 0.1) is 5.92 Å². The highest BCUT2D eigenvalue weighted by Gasteiger charge is 2.49. The van der Waals surface area contributed by atoms with Gasteiger partial charge in [0, 0.05) is 6.04 Å². The lowest BCUT2D eigenvalue weighted by Gasteiger charge is -2.29. The predicted octanol–water partition coefficient (Wildman–Crippen LogP) is 0.188. The van der Waals surface area contributed by atoms with Crippen molar-refractivity contribution >= 4 is 11.9 Å². The van der Waals surface area contributed by atoms with Crippen LogP contribution in [0.2, 0.25) is 0 Å². The molecule has 0 aromatic carbocycles. The van der Waals surface area contributed by atoms with Crippen LogP contribution in [0.15, 0.2) is 0 Å². The van der Waals surface area contributed by atoms with Gasteiger partial charge in [-0.3, -0.25) is 4.79 Å². The number of carbonyl (C=O) groups excluding carboxylic acids is 1. The Morgan fingerprint density at radius 1 is 1.44 bits per heavy atom. The van der Waals surface area contributed by atoms with E-state index in [1.807, 2.05) is 0 Å². The van der Waals surface area contributed by atoms with Gasteiger partial charge in [0.05, 0.1) is 6.04 Å². The van der Waals surface area contributed by atoms with Crippen LogP contribution in [-0.4, -0.2) is 40.0 Å². The minimum atomic E-state index is -0.900. The van der Waals surface area contributed by atoms with E-state index < -0.39 is 18.1 Å². The molecule has 5 heteroatoms. The maximum absolute atomic E-state index is 11.9. The summed E-state index contributed by atoms with van der Waals surface area (Å²) in [6.07, 6.45) is 3.65. The number of likely N-dealkylation sites (tertiary alicyclic amines) is 1. The van der Waals surface area contributed by atoms with E-state index in [4.69, 9.17) is 10.8 Å². The van der Waals surface area contributed by atoms with Gasteiger partial charge in [0.25, 0.3) is 0 Å². The number of carboxylic acid groups (broad SMARTS) is 1. The SMILES string of the molecule is CC(N)C(=O)N1C(C(=O)O)C[C@@H]2CCC[C@@H]21. The number of fused-ring (bicyclic) bond motifs is 1. The van der Waals surface area contributed by atoms with Gasteiger partial charge >= 0.3 is 5.97 Å². The second-order valence-electron chi connectivity index (χ2n) is 4.88. The van der Waals surface area contributed by atoms with Crippen LogP contribution in [0.5, 0.6) is 0 Å². The van der Waals surface area contributed by atoms with Gasteiger partial charge in [0.1, 0.15) is 6.04 Å². The molecule has 4 atom stereocenters. The number of aliphatic carboxylic acids is 1. The van der Waals surface area contributed by atoms with Crippen molar-refractivity contribution in [1.82, 2.24) is 4.90 Å². The number of hydrogen-bond acceptors (Lipinski definition) is 3. The van der Waals surface area contributed by atoms with Crippen molar-refractivity contribution in [1.29, 1.82) is 0 Å². The summed E-state index contributed by atoms with van der Waals surface area (Å²) in [7, 11) is 0. The second-order valence-corrected chi connectivity index (χ2v) is 4.88. The summed E-state index contributed by atoms with van der Waals surface area (Å²) >= 11 is 0. The van der Waals surface area contributed by atoms with E-state index in [1.165, 1.54) is 4.90 Å². The third-order valence-corrected chi connectivity index (χ3v) is 3.77. The molecule has 0 spiro atoms. The fraction of sp³-hybridized carbons (Fsp3) is 0.818. The topological polar surface area (TPSA) is 83.6 Å². The van der Waals surface area contributed by atoms with Crippen LogP contribution in [0.1, 0.15) is 32.6 Å². The van der Waals surface area contributed by atoms with Crippen LogP contribution < -0.4 is 5.73 Å². The maximum atomic E-state index is 11.9. The van der Waals surface area contributed by atoms with Gasteiger partial charge in [-0.2, -0.15) is 0 Å². The van der Waals surface area contributed by atoms with E-state index in [9.17, 15) is 9.59 Å². The largest absolute Gasteiger partial charge is 0.480 e. The number of carboxylic acids is 1. The molecule has 2 aliphatic rings. The van der Waals surface area contributed by atoms with Crippen molar-refractivity contribution in [3.63, 3.8) is 0 Å². The number of nitrogens with two attached hydrogens (primary N) is 1. The summed E-state index contributed by atoms with van der Waals surface area (Å²) in [5, 5.41) is 9.13. The Bertz CT molecular complexity index is 316. The minimum Gasteiger partial charge on any atom is -0.480 e. The standard InChI is InChI=1S/C11H18N2O3/c1-6(12)10(14)13-8-4-2-3-7(8)5-9(13)11(15)16/h6-9H,2-5,12H2,1H3,(H,15,16)/t6?,7-,8-,9?/m0/s1. The van der Waals surface area contributed by atoms with Gasteiger partial charge in [0.2, 0.25) is 5.91 Å². The highest BCUT2D eigenvalue weighted by atomic mass is 16.4. The van der Waals surface area contributed by atoms with E-state index in [2.05, 4.69) is 0 Å². The van der Waals surface area contributed by atoms with E-state index in [0.29, 0.717) is 12.3 Å². The van der Waals surface area contributed by atoms with Gasteiger partial charge in [-0.15, -0.1) is 0 Å². The van der Waals surface area contributed by atoms with Gasteiger partial charge in [-0.05, 0) is 32.1 Å². The molecule has 1 saturated heterocycles. The molecule has 3 N–H and O–H groups in total. The molecule has 1 amide bonds. The van der Waals surface area contributed by atoms with E-state index >= 15 is 0 Å². The Labute approximate surface area is 94.6 Å². The van der Waals surface area contributed by atoms with Crippen molar-refractivity contribution in [2.24, 2.45) is 11.7 Å². The van der Waals surface area contributed by atoms with Crippen LogP contribution in [0.4, 0.5) is 0 Å². The molecule has 1 aliphatic carbocycles. The molecule has 2 unspecified atom stereocenters. The molecule has 0 radical (unpaired) electrons. The van der Waals surface area contributed by atoms with Crippen LogP contribution >= 0.6 is 0 Å². The molecule has 1 heterocycles. The summed E-state index contributed by atoms with van der Waals surface area (Å²) in [5.74, 6) is -0.756. The quantitative estimate of drug-likeness (QED) is 0.704. The molecule has 2 rings (SSSR count). The van der Waals surface area contributed by atoms with Crippen LogP contribution in [0.3, 0.4) is 0 Å². The highest BCUT2D eigenvalue weighted by molar-refractivity contribution is 5.87. The fourth-order valence-corrected chi connectivity index (χ4v) is 3.06. The lowest BCUT2D eigenvalue weighted by atomic mass is 10.0.